The molecular formula is C12H8I2N2O4. The number of hydrogen-bond acceptors (Lipinski definition) is 4. The number of ether oxygens (including phenoxy) is 1. The van der Waals surface area contributed by atoms with Crippen molar-refractivity contribution < 1.29 is 19.1 Å². The summed E-state index contributed by atoms with van der Waals surface area (Å²) in [6.45, 7) is 0. The number of benzene rings is 1. The van der Waals surface area contributed by atoms with Crippen LogP contribution in [0, 0.1) is 7.14 Å². The molecule has 1 saturated heterocycles. The number of urea groups is 1. The highest BCUT2D eigenvalue weighted by atomic mass is 127. The van der Waals surface area contributed by atoms with Crippen LogP contribution in [-0.4, -0.2) is 25.0 Å². The van der Waals surface area contributed by atoms with E-state index in [4.69, 9.17) is 4.74 Å². The minimum absolute atomic E-state index is 0.110. The third-order valence-electron chi connectivity index (χ3n) is 2.48. The van der Waals surface area contributed by atoms with Crippen LogP contribution in [0.5, 0.6) is 5.75 Å². The number of nitrogens with one attached hydrogen (secondary N) is 2. The zero-order valence-electron chi connectivity index (χ0n) is 10.1. The third kappa shape index (κ3) is 3.11. The predicted molar refractivity (Wildman–Crippen MR) is 88.1 cm³/mol. The van der Waals surface area contributed by atoms with E-state index >= 15 is 0 Å². The monoisotopic (exact) mass is 498 g/mol. The van der Waals surface area contributed by atoms with E-state index < -0.39 is 17.8 Å². The Kier molecular flexibility index (Phi) is 4.62. The van der Waals surface area contributed by atoms with E-state index in [0.29, 0.717) is 5.56 Å². The second-order valence-electron chi connectivity index (χ2n) is 3.81. The van der Waals surface area contributed by atoms with Gasteiger partial charge in [-0.05, 0) is 69.0 Å². The van der Waals surface area contributed by atoms with Crippen LogP contribution in [0.4, 0.5) is 4.79 Å². The fourth-order valence-corrected chi connectivity index (χ4v) is 3.89. The van der Waals surface area contributed by atoms with Crippen molar-refractivity contribution in [3.8, 4) is 5.75 Å². The van der Waals surface area contributed by atoms with E-state index in [0.717, 1.165) is 12.9 Å². The van der Waals surface area contributed by atoms with Gasteiger partial charge in [0.1, 0.15) is 11.3 Å². The Morgan fingerprint density at radius 1 is 1.05 bits per heavy atom. The van der Waals surface area contributed by atoms with Gasteiger partial charge in [0, 0.05) is 0 Å². The fourth-order valence-electron chi connectivity index (χ4n) is 1.63. The van der Waals surface area contributed by atoms with Crippen LogP contribution in [-0.2, 0) is 9.59 Å². The van der Waals surface area contributed by atoms with Crippen LogP contribution in [0.1, 0.15) is 5.56 Å². The lowest BCUT2D eigenvalue weighted by molar-refractivity contribution is -0.123. The first-order valence-corrected chi connectivity index (χ1v) is 7.49. The molecule has 8 heteroatoms. The lowest BCUT2D eigenvalue weighted by Gasteiger charge is -2.14. The molecule has 1 fully saturated rings. The maximum Gasteiger partial charge on any atom is 0.328 e. The topological polar surface area (TPSA) is 84.5 Å². The van der Waals surface area contributed by atoms with Gasteiger partial charge < -0.3 is 4.74 Å². The first-order chi connectivity index (χ1) is 9.42. The van der Waals surface area contributed by atoms with Gasteiger partial charge in [-0.2, -0.15) is 0 Å². The molecule has 4 amide bonds. The number of carbonyl (C=O) groups is 3. The Morgan fingerprint density at radius 2 is 1.55 bits per heavy atom. The van der Waals surface area contributed by atoms with Crippen LogP contribution in [0.15, 0.2) is 17.7 Å². The Labute approximate surface area is 141 Å². The molecule has 0 spiro atoms. The highest BCUT2D eigenvalue weighted by molar-refractivity contribution is 14.1. The summed E-state index contributed by atoms with van der Waals surface area (Å²) < 4.78 is 6.95. The number of hydrogen-bond donors (Lipinski definition) is 2. The molecule has 6 nitrogen and oxygen atoms in total. The summed E-state index contributed by atoms with van der Waals surface area (Å²) in [5, 5.41) is 4.05. The molecule has 1 aliphatic rings. The van der Waals surface area contributed by atoms with E-state index in [2.05, 4.69) is 45.2 Å². The van der Waals surface area contributed by atoms with Gasteiger partial charge >= 0.3 is 6.03 Å². The second kappa shape index (κ2) is 6.08. The minimum atomic E-state index is -0.809. The van der Waals surface area contributed by atoms with Gasteiger partial charge in [-0.25, -0.2) is 4.79 Å². The van der Waals surface area contributed by atoms with Crippen molar-refractivity contribution >= 4 is 69.1 Å². The lowest BCUT2D eigenvalue weighted by atomic mass is 10.1. The molecule has 1 aliphatic heterocycles. The van der Waals surface area contributed by atoms with Crippen molar-refractivity contribution in [2.75, 3.05) is 7.11 Å². The molecular weight excluding hydrogens is 490 g/mol. The maximum atomic E-state index is 11.6. The van der Waals surface area contributed by atoms with E-state index in [1.807, 2.05) is 10.6 Å². The standard InChI is InChI=1S/C12H8I2N2O4/c1-20-9-7(13)3-5(4-8(9)14)2-6-10(17)15-12(19)16-11(6)18/h2-4H,1H3,(H2,15,16,17,18,19). The predicted octanol–water partition coefficient (Wildman–Crippen LogP) is 1.65. The zero-order chi connectivity index (χ0) is 14.9. The van der Waals surface area contributed by atoms with Crippen LogP contribution in [0.2, 0.25) is 0 Å². The normalized spacial score (nSPS) is 14.8. The van der Waals surface area contributed by atoms with Gasteiger partial charge in [0.2, 0.25) is 0 Å². The van der Waals surface area contributed by atoms with E-state index in [1.165, 1.54) is 6.08 Å². The summed E-state index contributed by atoms with van der Waals surface area (Å²) in [7, 11) is 1.57. The number of carbonyl (C=O) groups excluding carboxylic acids is 3. The molecule has 0 saturated carbocycles. The molecule has 1 heterocycles. The Bertz CT molecular complexity index is 610. The van der Waals surface area contributed by atoms with Crippen LogP contribution in [0.25, 0.3) is 6.08 Å². The Balaban J connectivity index is 2.42. The number of barbiturate groups is 1. The molecule has 20 heavy (non-hydrogen) atoms. The molecule has 2 N–H and O–H groups in total. The maximum absolute atomic E-state index is 11.6. The number of amides is 4. The largest absolute Gasteiger partial charge is 0.495 e. The second-order valence-corrected chi connectivity index (χ2v) is 6.14. The SMILES string of the molecule is COc1c(I)cc(C=C2C(=O)NC(=O)NC2=O)cc1I. The van der Waals surface area contributed by atoms with Crippen LogP contribution in [0.3, 0.4) is 0 Å². The van der Waals surface area contributed by atoms with E-state index in [-0.39, 0.29) is 5.57 Å². The van der Waals surface area contributed by atoms with Crippen molar-refractivity contribution in [1.29, 1.82) is 0 Å². The van der Waals surface area contributed by atoms with Gasteiger partial charge in [-0.15, -0.1) is 0 Å². The summed E-state index contributed by atoms with van der Waals surface area (Å²) in [5.74, 6) is -0.680. The highest BCUT2D eigenvalue weighted by Gasteiger charge is 2.27. The smallest absolute Gasteiger partial charge is 0.328 e. The molecule has 0 bridgehead atoms. The van der Waals surface area contributed by atoms with Gasteiger partial charge in [-0.3, -0.25) is 20.2 Å². The molecule has 0 aromatic heterocycles. The third-order valence-corrected chi connectivity index (χ3v) is 4.08. The van der Waals surface area contributed by atoms with Crippen molar-refractivity contribution in [2.45, 2.75) is 0 Å². The van der Waals surface area contributed by atoms with Gasteiger partial charge in [0.15, 0.2) is 0 Å². The summed E-state index contributed by atoms with van der Waals surface area (Å²) >= 11 is 4.21. The molecule has 104 valence electrons. The average molecular weight is 498 g/mol. The van der Waals surface area contributed by atoms with Crippen molar-refractivity contribution in [3.05, 3.63) is 30.4 Å². The number of imide groups is 2. The van der Waals surface area contributed by atoms with Crippen molar-refractivity contribution in [2.24, 2.45) is 0 Å². The van der Waals surface area contributed by atoms with E-state index in [1.54, 1.807) is 19.2 Å². The van der Waals surface area contributed by atoms with Gasteiger partial charge in [0.25, 0.3) is 11.8 Å². The molecule has 0 unspecified atom stereocenters. The summed E-state index contributed by atoms with van der Waals surface area (Å²) in [6, 6.07) is 2.76. The molecule has 2 rings (SSSR count). The highest BCUT2D eigenvalue weighted by Crippen LogP contribution is 2.29. The summed E-state index contributed by atoms with van der Waals surface area (Å²) in [6.07, 6.45) is 1.43. The zero-order valence-corrected chi connectivity index (χ0v) is 14.4. The first kappa shape index (κ1) is 15.2. The van der Waals surface area contributed by atoms with Crippen molar-refractivity contribution in [1.82, 2.24) is 10.6 Å². The number of methoxy groups -OCH3 is 1. The minimum Gasteiger partial charge on any atom is -0.495 e. The first-order valence-electron chi connectivity index (χ1n) is 5.33. The molecule has 1 aromatic rings. The molecule has 1 aromatic carbocycles. The molecule has 0 radical (unpaired) electrons. The number of halogens is 2. The number of rotatable bonds is 2. The summed E-state index contributed by atoms with van der Waals surface area (Å²) in [5.41, 5.74) is 0.565. The Morgan fingerprint density at radius 3 is 2.00 bits per heavy atom. The average Bonchev–Trinajstić information content (AvgIpc) is 2.33. The van der Waals surface area contributed by atoms with Gasteiger partial charge in [0.05, 0.1) is 14.3 Å². The van der Waals surface area contributed by atoms with Gasteiger partial charge in [-0.1, -0.05) is 0 Å². The van der Waals surface area contributed by atoms with Crippen LogP contribution >= 0.6 is 45.2 Å². The lowest BCUT2D eigenvalue weighted by Crippen LogP contribution is -2.51. The quantitative estimate of drug-likeness (QED) is 0.370. The molecule has 0 atom stereocenters. The van der Waals surface area contributed by atoms with Crippen molar-refractivity contribution in [3.63, 3.8) is 0 Å². The summed E-state index contributed by atoms with van der Waals surface area (Å²) in [4.78, 5) is 34.2. The van der Waals surface area contributed by atoms with Crippen LogP contribution < -0.4 is 15.4 Å². The molecule has 0 aliphatic carbocycles. The fraction of sp³-hybridized carbons (Fsp3) is 0.0833. The van der Waals surface area contributed by atoms with E-state index in [9.17, 15) is 14.4 Å². The Hall–Kier alpha value is -1.17.